The molecular formula is C63H114O6. The molecule has 0 fully saturated rings. The summed E-state index contributed by atoms with van der Waals surface area (Å²) in [6, 6.07) is 0. The van der Waals surface area contributed by atoms with Crippen LogP contribution in [0, 0.1) is 0 Å². The lowest BCUT2D eigenvalue weighted by atomic mass is 10.0. The third-order valence-corrected chi connectivity index (χ3v) is 13.3. The summed E-state index contributed by atoms with van der Waals surface area (Å²) in [7, 11) is 0. The number of ether oxygens (including phenoxy) is 3. The quantitative estimate of drug-likeness (QED) is 0.0262. The Kier molecular flexibility index (Phi) is 55.7. The van der Waals surface area contributed by atoms with Crippen LogP contribution in [0.25, 0.3) is 0 Å². The van der Waals surface area contributed by atoms with Crippen LogP contribution in [0.3, 0.4) is 0 Å². The highest BCUT2D eigenvalue weighted by Gasteiger charge is 2.19. The Labute approximate surface area is 428 Å². The molecule has 6 heteroatoms. The molecule has 0 amide bonds. The Balaban J connectivity index is 4.34. The first-order valence-electron chi connectivity index (χ1n) is 30.1. The van der Waals surface area contributed by atoms with Crippen LogP contribution in [0.15, 0.2) is 48.6 Å². The highest BCUT2D eigenvalue weighted by Crippen LogP contribution is 2.17. The van der Waals surface area contributed by atoms with Crippen molar-refractivity contribution in [3.05, 3.63) is 48.6 Å². The maximum absolute atomic E-state index is 12.9. The number of hydrogen-bond donors (Lipinski definition) is 0. The summed E-state index contributed by atoms with van der Waals surface area (Å²) in [6.07, 6.45) is 71.1. The second-order valence-corrected chi connectivity index (χ2v) is 20.3. The SMILES string of the molecule is CCCCC/C=C\C/C=C\C/C=C\CCCCCCC(=O)O[C@H](COC(=O)CCCCCCC/C=C\CCCCCC)COC(=O)CCCCCCCCCCCCCCCCCCCCCCC. The van der Waals surface area contributed by atoms with Crippen LogP contribution in [-0.4, -0.2) is 37.2 Å². The first-order chi connectivity index (χ1) is 34.0. The lowest BCUT2D eigenvalue weighted by molar-refractivity contribution is -0.167. The zero-order valence-corrected chi connectivity index (χ0v) is 46.1. The molecule has 0 aromatic carbocycles. The van der Waals surface area contributed by atoms with Crippen LogP contribution in [0.4, 0.5) is 0 Å². The molecular weight excluding hydrogens is 853 g/mol. The topological polar surface area (TPSA) is 78.9 Å². The van der Waals surface area contributed by atoms with Crippen molar-refractivity contribution in [3.63, 3.8) is 0 Å². The molecule has 0 saturated carbocycles. The summed E-state index contributed by atoms with van der Waals surface area (Å²) >= 11 is 0. The Bertz CT molecular complexity index is 1200. The average Bonchev–Trinajstić information content (AvgIpc) is 3.35. The van der Waals surface area contributed by atoms with E-state index >= 15 is 0 Å². The number of carbonyl (C=O) groups excluding carboxylic acids is 3. The Hall–Kier alpha value is -2.63. The molecule has 0 heterocycles. The zero-order chi connectivity index (χ0) is 50.0. The highest BCUT2D eigenvalue weighted by molar-refractivity contribution is 5.71. The van der Waals surface area contributed by atoms with E-state index in [1.54, 1.807) is 0 Å². The number of rotatable bonds is 55. The lowest BCUT2D eigenvalue weighted by Crippen LogP contribution is -2.30. The predicted molar refractivity (Wildman–Crippen MR) is 298 cm³/mol. The minimum atomic E-state index is -0.786. The van der Waals surface area contributed by atoms with Gasteiger partial charge in [-0.05, 0) is 83.5 Å². The highest BCUT2D eigenvalue weighted by atomic mass is 16.6. The van der Waals surface area contributed by atoms with Gasteiger partial charge in [0.15, 0.2) is 6.10 Å². The Morgan fingerprint density at radius 1 is 0.290 bits per heavy atom. The van der Waals surface area contributed by atoms with Crippen molar-refractivity contribution >= 4 is 17.9 Å². The maximum atomic E-state index is 12.9. The first-order valence-corrected chi connectivity index (χ1v) is 30.1. The van der Waals surface area contributed by atoms with Crippen molar-refractivity contribution in [1.82, 2.24) is 0 Å². The van der Waals surface area contributed by atoms with Crippen LogP contribution in [-0.2, 0) is 28.6 Å². The monoisotopic (exact) mass is 967 g/mol. The smallest absolute Gasteiger partial charge is 0.306 e. The molecule has 0 unspecified atom stereocenters. The van der Waals surface area contributed by atoms with Crippen molar-refractivity contribution in [2.24, 2.45) is 0 Å². The number of hydrogen-bond acceptors (Lipinski definition) is 6. The molecule has 0 aliphatic carbocycles. The van der Waals surface area contributed by atoms with Gasteiger partial charge in [0.25, 0.3) is 0 Å². The van der Waals surface area contributed by atoms with Crippen molar-refractivity contribution in [3.8, 4) is 0 Å². The van der Waals surface area contributed by atoms with Crippen molar-refractivity contribution < 1.29 is 28.6 Å². The van der Waals surface area contributed by atoms with Gasteiger partial charge in [-0.15, -0.1) is 0 Å². The maximum Gasteiger partial charge on any atom is 0.306 e. The second-order valence-electron chi connectivity index (χ2n) is 20.3. The van der Waals surface area contributed by atoms with Crippen molar-refractivity contribution in [1.29, 1.82) is 0 Å². The van der Waals surface area contributed by atoms with E-state index in [-0.39, 0.29) is 31.1 Å². The Morgan fingerprint density at radius 2 is 0.522 bits per heavy atom. The van der Waals surface area contributed by atoms with E-state index in [1.165, 1.54) is 186 Å². The fraction of sp³-hybridized carbons (Fsp3) is 0.825. The normalized spacial score (nSPS) is 12.3. The van der Waals surface area contributed by atoms with Gasteiger partial charge in [-0.1, -0.05) is 262 Å². The van der Waals surface area contributed by atoms with Crippen molar-refractivity contribution in [2.45, 2.75) is 322 Å². The summed E-state index contributed by atoms with van der Waals surface area (Å²) in [5.41, 5.74) is 0. The molecule has 0 aliphatic rings. The molecule has 1 atom stereocenters. The summed E-state index contributed by atoms with van der Waals surface area (Å²) in [6.45, 7) is 6.61. The molecule has 0 saturated heterocycles. The van der Waals surface area contributed by atoms with E-state index in [1.807, 2.05) is 0 Å². The van der Waals surface area contributed by atoms with Gasteiger partial charge in [0.1, 0.15) is 13.2 Å². The van der Waals surface area contributed by atoms with E-state index in [9.17, 15) is 14.4 Å². The molecule has 69 heavy (non-hydrogen) atoms. The lowest BCUT2D eigenvalue weighted by Gasteiger charge is -2.18. The summed E-state index contributed by atoms with van der Waals surface area (Å²) in [5.74, 6) is -0.897. The molecule has 0 aliphatic heterocycles. The zero-order valence-electron chi connectivity index (χ0n) is 46.1. The number of carbonyl (C=O) groups is 3. The van der Waals surface area contributed by atoms with Crippen LogP contribution in [0.2, 0.25) is 0 Å². The van der Waals surface area contributed by atoms with E-state index in [0.717, 1.165) is 89.9 Å². The van der Waals surface area contributed by atoms with Gasteiger partial charge in [-0.3, -0.25) is 14.4 Å². The van der Waals surface area contributed by atoms with Crippen LogP contribution >= 0.6 is 0 Å². The van der Waals surface area contributed by atoms with Crippen molar-refractivity contribution in [2.75, 3.05) is 13.2 Å². The Morgan fingerprint density at radius 3 is 0.870 bits per heavy atom. The van der Waals surface area contributed by atoms with Gasteiger partial charge in [-0.2, -0.15) is 0 Å². The van der Waals surface area contributed by atoms with Crippen LogP contribution in [0.5, 0.6) is 0 Å². The molecule has 0 radical (unpaired) electrons. The largest absolute Gasteiger partial charge is 0.462 e. The van der Waals surface area contributed by atoms with Gasteiger partial charge in [0, 0.05) is 19.3 Å². The van der Waals surface area contributed by atoms with E-state index in [0.29, 0.717) is 19.3 Å². The fourth-order valence-corrected chi connectivity index (χ4v) is 8.74. The van der Waals surface area contributed by atoms with Gasteiger partial charge in [0.05, 0.1) is 0 Å². The van der Waals surface area contributed by atoms with E-state index < -0.39 is 6.10 Å². The number of allylic oxidation sites excluding steroid dienone is 8. The second kappa shape index (κ2) is 57.9. The molecule has 0 N–H and O–H groups in total. The number of esters is 3. The fourth-order valence-electron chi connectivity index (χ4n) is 8.74. The summed E-state index contributed by atoms with van der Waals surface area (Å²) < 4.78 is 16.9. The summed E-state index contributed by atoms with van der Waals surface area (Å²) in [5, 5.41) is 0. The van der Waals surface area contributed by atoms with E-state index in [4.69, 9.17) is 14.2 Å². The molecule has 0 aromatic rings. The molecule has 0 aromatic heterocycles. The van der Waals surface area contributed by atoms with Gasteiger partial charge in [0.2, 0.25) is 0 Å². The molecule has 0 bridgehead atoms. The minimum absolute atomic E-state index is 0.0818. The molecule has 0 rings (SSSR count). The van der Waals surface area contributed by atoms with Gasteiger partial charge >= 0.3 is 17.9 Å². The number of unbranched alkanes of at least 4 members (excludes halogenated alkanes) is 36. The predicted octanol–water partition coefficient (Wildman–Crippen LogP) is 20.2. The van der Waals surface area contributed by atoms with Gasteiger partial charge < -0.3 is 14.2 Å². The molecule has 0 spiro atoms. The van der Waals surface area contributed by atoms with Crippen LogP contribution in [0.1, 0.15) is 316 Å². The minimum Gasteiger partial charge on any atom is -0.462 e. The van der Waals surface area contributed by atoms with Gasteiger partial charge in [-0.25, -0.2) is 0 Å². The summed E-state index contributed by atoms with van der Waals surface area (Å²) in [4.78, 5) is 38.2. The van der Waals surface area contributed by atoms with Crippen LogP contribution < -0.4 is 0 Å². The van der Waals surface area contributed by atoms with E-state index in [2.05, 4.69) is 69.4 Å². The molecule has 402 valence electrons. The third-order valence-electron chi connectivity index (χ3n) is 13.3. The first kappa shape index (κ1) is 66.4. The third kappa shape index (κ3) is 56.2. The molecule has 6 nitrogen and oxygen atoms in total. The standard InChI is InChI=1S/C63H114O6/c1-4-7-10-13-16-19-22-25-27-29-30-31-32-34-35-38-41-44-47-50-53-56-62(65)68-59-60(58-67-61(64)55-52-49-46-43-40-37-24-21-18-15-12-9-6-3)69-63(66)57-54-51-48-45-42-39-36-33-28-26-23-20-17-14-11-8-5-2/h17,20-21,24,26,28,36,39,60H,4-16,18-19,22-23,25,27,29-35,37-38,40-59H2,1-3H3/b20-17-,24-21-,28-26-,39-36-/t60-/m1/s1. The average molecular weight is 968 g/mol.